The molecule has 3 heterocycles. The van der Waals surface area contributed by atoms with E-state index >= 15 is 0 Å². The van der Waals surface area contributed by atoms with Gasteiger partial charge in [-0.2, -0.15) is 0 Å². The summed E-state index contributed by atoms with van der Waals surface area (Å²) in [6.45, 7) is 0. The van der Waals surface area contributed by atoms with Gasteiger partial charge in [-0.3, -0.25) is 4.57 Å². The first kappa shape index (κ1) is 24.8. The molecular weight excluding hydrogens is 536 g/mol. The minimum Gasteiger partial charge on any atom is -0.332 e. The summed E-state index contributed by atoms with van der Waals surface area (Å²) in [6.07, 6.45) is 9.02. The van der Waals surface area contributed by atoms with Gasteiger partial charge in [0.15, 0.2) is 0 Å². The predicted molar refractivity (Wildman–Crippen MR) is 181 cm³/mol. The lowest BCUT2D eigenvalue weighted by molar-refractivity contribution is 0.745. The summed E-state index contributed by atoms with van der Waals surface area (Å²) >= 11 is 0. The molecule has 1 aliphatic carbocycles. The summed E-state index contributed by atoms with van der Waals surface area (Å²) in [4.78, 5) is 13.1. The highest BCUT2D eigenvalue weighted by Crippen LogP contribution is 2.52. The zero-order chi connectivity index (χ0) is 29.0. The largest absolute Gasteiger partial charge is 0.332 e. The lowest BCUT2D eigenvalue weighted by Crippen LogP contribution is -2.28. The van der Waals surface area contributed by atoms with E-state index in [0.717, 1.165) is 33.5 Å². The molecule has 0 saturated heterocycles. The van der Waals surface area contributed by atoms with Gasteiger partial charge in [0.2, 0.25) is 5.95 Å². The molecule has 0 saturated carbocycles. The Labute approximate surface area is 255 Å². The molecule has 0 spiro atoms. The van der Waals surface area contributed by atoms with Crippen LogP contribution in [0.1, 0.15) is 11.5 Å². The first-order chi connectivity index (χ1) is 21.8. The molecule has 2 atom stereocenters. The molecule has 0 bridgehead atoms. The fourth-order valence-corrected chi connectivity index (χ4v) is 7.00. The van der Waals surface area contributed by atoms with Crippen LogP contribution in [0.5, 0.6) is 0 Å². The number of fused-ring (bicyclic) bond motifs is 7. The Hall–Kier alpha value is -5.74. The van der Waals surface area contributed by atoms with Crippen molar-refractivity contribution in [3.63, 3.8) is 0 Å². The number of allylic oxidation sites excluding steroid dienone is 2. The van der Waals surface area contributed by atoms with E-state index in [1.54, 1.807) is 0 Å². The van der Waals surface area contributed by atoms with Crippen molar-refractivity contribution in [1.29, 1.82) is 0 Å². The second-order valence-electron chi connectivity index (χ2n) is 11.4. The number of benzene rings is 5. The van der Waals surface area contributed by atoms with Gasteiger partial charge in [-0.25, -0.2) is 9.97 Å². The molecule has 4 nitrogen and oxygen atoms in total. The summed E-state index contributed by atoms with van der Waals surface area (Å²) in [5.41, 5.74) is 9.85. The molecule has 0 N–H and O–H groups in total. The van der Waals surface area contributed by atoms with Crippen LogP contribution in [0.4, 0.5) is 11.4 Å². The first-order valence-corrected chi connectivity index (χ1v) is 15.1. The molecule has 0 radical (unpaired) electrons. The molecule has 7 aromatic rings. The number of rotatable bonds is 4. The monoisotopic (exact) mass is 564 g/mol. The molecule has 1 aliphatic heterocycles. The molecular formula is C40H28N4. The molecule has 0 fully saturated rings. The van der Waals surface area contributed by atoms with Crippen molar-refractivity contribution in [3.8, 4) is 28.5 Å². The maximum atomic E-state index is 5.29. The fraction of sp³-hybridized carbons (Fsp3) is 0.0500. The van der Waals surface area contributed by atoms with Gasteiger partial charge in [0.25, 0.3) is 0 Å². The maximum absolute atomic E-state index is 5.29. The number of hydrogen-bond acceptors (Lipinski definition) is 3. The quantitative estimate of drug-likeness (QED) is 0.213. The van der Waals surface area contributed by atoms with Crippen molar-refractivity contribution in [2.24, 2.45) is 0 Å². The molecule has 9 rings (SSSR count). The van der Waals surface area contributed by atoms with E-state index in [1.807, 2.05) is 12.1 Å². The number of aromatic nitrogens is 3. The highest BCUT2D eigenvalue weighted by molar-refractivity contribution is 6.15. The molecule has 2 unspecified atom stereocenters. The molecule has 5 aromatic carbocycles. The van der Waals surface area contributed by atoms with Crippen molar-refractivity contribution < 1.29 is 0 Å². The fourth-order valence-electron chi connectivity index (χ4n) is 7.00. The minimum atomic E-state index is 0.186. The maximum Gasteiger partial charge on any atom is 0.235 e. The van der Waals surface area contributed by atoms with Crippen LogP contribution in [0.25, 0.3) is 50.3 Å². The standard InChI is InChI=1S/C40H28N4/c1-4-14-27(15-5-1)34-26-35(28-16-6-2-7-17-28)42-40(41-34)44-37-23-13-11-21-31(37)33-25-24-32-30-20-10-12-22-36(30)43(38(32)39(33)44)29-18-8-3-9-19-29/h1-26,30,36H. The molecule has 44 heavy (non-hydrogen) atoms. The zero-order valence-electron chi connectivity index (χ0n) is 24.0. The smallest absolute Gasteiger partial charge is 0.235 e. The molecule has 208 valence electrons. The number of nitrogens with zero attached hydrogens (tertiary/aromatic N) is 4. The van der Waals surface area contributed by atoms with Gasteiger partial charge in [0.05, 0.1) is 34.2 Å². The number of hydrogen-bond donors (Lipinski definition) is 0. The van der Waals surface area contributed by atoms with E-state index in [4.69, 9.17) is 9.97 Å². The average Bonchev–Trinajstić information content (AvgIpc) is 3.62. The van der Waals surface area contributed by atoms with Crippen LogP contribution in [0.15, 0.2) is 158 Å². The zero-order valence-corrected chi connectivity index (χ0v) is 24.0. The van der Waals surface area contributed by atoms with Crippen LogP contribution in [0, 0.1) is 0 Å². The van der Waals surface area contributed by atoms with E-state index in [2.05, 4.69) is 155 Å². The van der Waals surface area contributed by atoms with Gasteiger partial charge >= 0.3 is 0 Å². The summed E-state index contributed by atoms with van der Waals surface area (Å²) < 4.78 is 2.29. The Morgan fingerprint density at radius 2 is 1.16 bits per heavy atom. The summed E-state index contributed by atoms with van der Waals surface area (Å²) in [7, 11) is 0. The van der Waals surface area contributed by atoms with Crippen LogP contribution in [-0.4, -0.2) is 20.6 Å². The predicted octanol–water partition coefficient (Wildman–Crippen LogP) is 9.64. The molecule has 2 aromatic heterocycles. The SMILES string of the molecule is C1=CC2c3ccc4c5ccccc5n(-c5nc(-c6ccccc6)cc(-c6ccccc6)n5)c4c3N(c3ccccc3)C2C=C1. The van der Waals surface area contributed by atoms with Crippen molar-refractivity contribution in [3.05, 3.63) is 163 Å². The van der Waals surface area contributed by atoms with E-state index < -0.39 is 0 Å². The third kappa shape index (κ3) is 3.78. The van der Waals surface area contributed by atoms with Gasteiger partial charge < -0.3 is 4.90 Å². The van der Waals surface area contributed by atoms with Crippen molar-refractivity contribution >= 4 is 33.2 Å². The minimum absolute atomic E-state index is 0.186. The lowest BCUT2D eigenvalue weighted by atomic mass is 9.91. The topological polar surface area (TPSA) is 34.0 Å². The molecule has 4 heteroatoms. The number of anilines is 2. The van der Waals surface area contributed by atoms with Crippen LogP contribution in [0.2, 0.25) is 0 Å². The van der Waals surface area contributed by atoms with Crippen LogP contribution >= 0.6 is 0 Å². The highest BCUT2D eigenvalue weighted by atomic mass is 15.2. The van der Waals surface area contributed by atoms with Crippen LogP contribution in [0.3, 0.4) is 0 Å². The van der Waals surface area contributed by atoms with Crippen LogP contribution in [-0.2, 0) is 0 Å². The number of para-hydroxylation sites is 2. The van der Waals surface area contributed by atoms with Crippen LogP contribution < -0.4 is 4.90 Å². The van der Waals surface area contributed by atoms with E-state index in [-0.39, 0.29) is 12.0 Å². The molecule has 2 aliphatic rings. The van der Waals surface area contributed by atoms with E-state index in [9.17, 15) is 0 Å². The average molecular weight is 565 g/mol. The van der Waals surface area contributed by atoms with Gasteiger partial charge in [0.1, 0.15) is 0 Å². The summed E-state index contributed by atoms with van der Waals surface area (Å²) in [6, 6.07) is 47.1. The summed E-state index contributed by atoms with van der Waals surface area (Å²) in [5.74, 6) is 0.918. The third-order valence-electron chi connectivity index (χ3n) is 8.93. The summed E-state index contributed by atoms with van der Waals surface area (Å²) in [5, 5.41) is 2.39. The van der Waals surface area contributed by atoms with Gasteiger partial charge in [-0.15, -0.1) is 0 Å². The Morgan fingerprint density at radius 3 is 1.86 bits per heavy atom. The second-order valence-corrected chi connectivity index (χ2v) is 11.4. The highest BCUT2D eigenvalue weighted by Gasteiger charge is 2.40. The van der Waals surface area contributed by atoms with Crippen molar-refractivity contribution in [1.82, 2.24) is 14.5 Å². The van der Waals surface area contributed by atoms with Crippen molar-refractivity contribution in [2.75, 3.05) is 4.90 Å². The Morgan fingerprint density at radius 1 is 0.545 bits per heavy atom. The van der Waals surface area contributed by atoms with Gasteiger partial charge in [-0.05, 0) is 29.8 Å². The molecule has 0 amide bonds. The first-order valence-electron chi connectivity index (χ1n) is 15.1. The normalized spacial score (nSPS) is 16.9. The van der Waals surface area contributed by atoms with E-state index in [0.29, 0.717) is 5.95 Å². The van der Waals surface area contributed by atoms with E-state index in [1.165, 1.54) is 27.7 Å². The Bertz CT molecular complexity index is 2170. The Balaban J connectivity index is 1.40. The lowest BCUT2D eigenvalue weighted by Gasteiger charge is -2.29. The third-order valence-corrected chi connectivity index (χ3v) is 8.93. The second kappa shape index (κ2) is 9.92. The Kier molecular flexibility index (Phi) is 5.60. The van der Waals surface area contributed by atoms with Gasteiger partial charge in [-0.1, -0.05) is 133 Å². The van der Waals surface area contributed by atoms with Crippen molar-refractivity contribution in [2.45, 2.75) is 12.0 Å². The van der Waals surface area contributed by atoms with Gasteiger partial charge in [0, 0.05) is 33.5 Å².